The molecule has 142 valence electrons. The molecule has 0 bridgehead atoms. The van der Waals surface area contributed by atoms with E-state index >= 15 is 0 Å². The van der Waals surface area contributed by atoms with Crippen LogP contribution in [0.15, 0.2) is 79.0 Å². The number of hydrogen-bond acceptors (Lipinski definition) is 3. The molecule has 2 heterocycles. The first-order valence-corrected chi connectivity index (χ1v) is 9.85. The molecule has 1 aromatic heterocycles. The van der Waals surface area contributed by atoms with Crippen LogP contribution in [0.4, 0.5) is 11.5 Å². The minimum atomic E-state index is 0.0880. The molecule has 1 aliphatic heterocycles. The molecule has 4 rings (SSSR count). The van der Waals surface area contributed by atoms with Gasteiger partial charge in [0.25, 0.3) is 5.91 Å². The summed E-state index contributed by atoms with van der Waals surface area (Å²) in [5.41, 5.74) is 2.96. The minimum absolute atomic E-state index is 0.0880. The van der Waals surface area contributed by atoms with E-state index in [9.17, 15) is 4.79 Å². The summed E-state index contributed by atoms with van der Waals surface area (Å²) in [6.07, 6.45) is 5.09. The molecule has 28 heavy (non-hydrogen) atoms. The zero-order valence-corrected chi connectivity index (χ0v) is 16.2. The number of aromatic nitrogens is 1. The van der Waals surface area contributed by atoms with E-state index in [1.54, 1.807) is 0 Å². The molecule has 1 atom stereocenters. The van der Waals surface area contributed by atoms with E-state index in [1.165, 1.54) is 0 Å². The molecule has 1 aliphatic rings. The molecule has 0 aliphatic carbocycles. The summed E-state index contributed by atoms with van der Waals surface area (Å²) in [6.45, 7) is 0.796. The zero-order valence-electron chi connectivity index (χ0n) is 16.2. The lowest BCUT2D eigenvalue weighted by molar-refractivity contribution is 0.0611. The topological polar surface area (TPSA) is 36.4 Å². The Morgan fingerprint density at radius 3 is 2.36 bits per heavy atom. The number of pyridine rings is 1. The lowest BCUT2D eigenvalue weighted by atomic mass is 9.95. The monoisotopic (exact) mass is 371 g/mol. The van der Waals surface area contributed by atoms with Gasteiger partial charge in [0, 0.05) is 31.0 Å². The van der Waals surface area contributed by atoms with E-state index in [4.69, 9.17) is 0 Å². The molecule has 0 spiro atoms. The number of para-hydroxylation sites is 1. The number of amides is 1. The van der Waals surface area contributed by atoms with Crippen LogP contribution >= 0.6 is 0 Å². The van der Waals surface area contributed by atoms with Gasteiger partial charge in [0.15, 0.2) is 0 Å². The van der Waals surface area contributed by atoms with Crippen molar-refractivity contribution < 1.29 is 4.79 Å². The third kappa shape index (κ3) is 3.77. The second-order valence-corrected chi connectivity index (χ2v) is 7.22. The largest absolute Gasteiger partial charge is 0.332 e. The Balaban J connectivity index is 1.56. The van der Waals surface area contributed by atoms with Crippen molar-refractivity contribution in [3.8, 4) is 0 Å². The predicted octanol–water partition coefficient (Wildman–Crippen LogP) is 5.22. The Hall–Kier alpha value is -3.14. The molecule has 4 nitrogen and oxygen atoms in total. The van der Waals surface area contributed by atoms with Crippen molar-refractivity contribution in [1.82, 2.24) is 9.88 Å². The summed E-state index contributed by atoms with van der Waals surface area (Å²) in [5, 5.41) is 0. The number of piperidine rings is 1. The number of anilines is 2. The Bertz CT molecular complexity index is 910. The molecule has 1 saturated heterocycles. The molecule has 2 aromatic carbocycles. The average Bonchev–Trinajstić information content (AvgIpc) is 2.79. The van der Waals surface area contributed by atoms with Crippen molar-refractivity contribution in [3.05, 3.63) is 90.1 Å². The van der Waals surface area contributed by atoms with Crippen LogP contribution in [-0.4, -0.2) is 29.4 Å². The molecule has 1 amide bonds. The molecule has 1 unspecified atom stereocenters. The second kappa shape index (κ2) is 8.26. The smallest absolute Gasteiger partial charge is 0.254 e. The maximum atomic E-state index is 13.0. The van der Waals surface area contributed by atoms with Crippen LogP contribution in [0.2, 0.25) is 0 Å². The van der Waals surface area contributed by atoms with Crippen molar-refractivity contribution in [3.63, 3.8) is 0 Å². The van der Waals surface area contributed by atoms with Gasteiger partial charge in [0.1, 0.15) is 5.82 Å². The van der Waals surface area contributed by atoms with Crippen LogP contribution in [0, 0.1) is 0 Å². The number of rotatable bonds is 4. The van der Waals surface area contributed by atoms with E-state index in [1.807, 2.05) is 72.7 Å². The summed E-state index contributed by atoms with van der Waals surface area (Å²) >= 11 is 0. The highest BCUT2D eigenvalue weighted by molar-refractivity contribution is 5.94. The SMILES string of the molecule is CN(c1ccccc1)c1ccc(C2CCCCN2C(=O)c2ccccc2)cn1. The van der Waals surface area contributed by atoms with E-state index in [0.717, 1.165) is 48.4 Å². The fourth-order valence-corrected chi connectivity index (χ4v) is 3.84. The van der Waals surface area contributed by atoms with Crippen LogP contribution in [-0.2, 0) is 0 Å². The number of hydrogen-bond donors (Lipinski definition) is 0. The van der Waals surface area contributed by atoms with Gasteiger partial charge in [-0.25, -0.2) is 4.98 Å². The molecule has 4 heteroatoms. The van der Waals surface area contributed by atoms with Gasteiger partial charge in [0.2, 0.25) is 0 Å². The lowest BCUT2D eigenvalue weighted by Gasteiger charge is -2.36. The third-order valence-electron chi connectivity index (χ3n) is 5.43. The fraction of sp³-hybridized carbons (Fsp3) is 0.250. The van der Waals surface area contributed by atoms with Crippen LogP contribution in [0.25, 0.3) is 0 Å². The average molecular weight is 371 g/mol. The fourth-order valence-electron chi connectivity index (χ4n) is 3.84. The van der Waals surface area contributed by atoms with Crippen LogP contribution in [0.3, 0.4) is 0 Å². The van der Waals surface area contributed by atoms with Gasteiger partial charge in [0.05, 0.1) is 6.04 Å². The number of carbonyl (C=O) groups excluding carboxylic acids is 1. The third-order valence-corrected chi connectivity index (χ3v) is 5.43. The molecular weight excluding hydrogens is 346 g/mol. The van der Waals surface area contributed by atoms with Crippen molar-refractivity contribution in [2.24, 2.45) is 0 Å². The molecule has 0 N–H and O–H groups in total. The van der Waals surface area contributed by atoms with Crippen LogP contribution in [0.5, 0.6) is 0 Å². The summed E-state index contributed by atoms with van der Waals surface area (Å²) in [6, 6.07) is 24.0. The van der Waals surface area contributed by atoms with Gasteiger partial charge in [-0.3, -0.25) is 4.79 Å². The normalized spacial score (nSPS) is 16.6. The number of carbonyl (C=O) groups is 1. The Kier molecular flexibility index (Phi) is 5.38. The zero-order chi connectivity index (χ0) is 19.3. The van der Waals surface area contributed by atoms with Gasteiger partial charge in [-0.2, -0.15) is 0 Å². The Labute approximate surface area is 166 Å². The van der Waals surface area contributed by atoms with Gasteiger partial charge in [-0.1, -0.05) is 42.5 Å². The first kappa shape index (κ1) is 18.2. The molecule has 0 radical (unpaired) electrons. The quantitative estimate of drug-likeness (QED) is 0.631. The van der Waals surface area contributed by atoms with Crippen LogP contribution in [0.1, 0.15) is 41.2 Å². The minimum Gasteiger partial charge on any atom is -0.332 e. The van der Waals surface area contributed by atoms with Crippen LogP contribution < -0.4 is 4.90 Å². The highest BCUT2D eigenvalue weighted by Crippen LogP contribution is 2.33. The lowest BCUT2D eigenvalue weighted by Crippen LogP contribution is -2.38. The summed E-state index contributed by atoms with van der Waals surface area (Å²) < 4.78 is 0. The molecule has 0 saturated carbocycles. The Morgan fingerprint density at radius 2 is 1.68 bits per heavy atom. The summed E-state index contributed by atoms with van der Waals surface area (Å²) in [7, 11) is 2.02. The van der Waals surface area contributed by atoms with Gasteiger partial charge < -0.3 is 9.80 Å². The molecule has 3 aromatic rings. The number of likely N-dealkylation sites (tertiary alicyclic amines) is 1. The highest BCUT2D eigenvalue weighted by Gasteiger charge is 2.28. The van der Waals surface area contributed by atoms with Crippen molar-refractivity contribution in [2.45, 2.75) is 25.3 Å². The molecular formula is C24H25N3O. The second-order valence-electron chi connectivity index (χ2n) is 7.22. The first-order chi connectivity index (χ1) is 13.7. The van der Waals surface area contributed by atoms with Gasteiger partial charge in [-0.05, 0) is 55.2 Å². The highest BCUT2D eigenvalue weighted by atomic mass is 16.2. The van der Waals surface area contributed by atoms with E-state index < -0.39 is 0 Å². The van der Waals surface area contributed by atoms with E-state index in [2.05, 4.69) is 28.1 Å². The summed E-state index contributed by atoms with van der Waals surface area (Å²) in [4.78, 5) is 21.8. The van der Waals surface area contributed by atoms with Crippen molar-refractivity contribution >= 4 is 17.4 Å². The van der Waals surface area contributed by atoms with Gasteiger partial charge >= 0.3 is 0 Å². The standard InChI is InChI=1S/C24H25N3O/c1-26(21-12-6-3-7-13-21)23-16-15-20(18-25-23)22-14-8-9-17-27(22)24(28)19-10-4-2-5-11-19/h2-7,10-13,15-16,18,22H,8-9,14,17H2,1H3. The number of nitrogens with zero attached hydrogens (tertiary/aromatic N) is 3. The maximum Gasteiger partial charge on any atom is 0.254 e. The van der Waals surface area contributed by atoms with Gasteiger partial charge in [-0.15, -0.1) is 0 Å². The van der Waals surface area contributed by atoms with E-state index in [0.29, 0.717) is 0 Å². The maximum absolute atomic E-state index is 13.0. The molecule has 1 fully saturated rings. The summed E-state index contributed by atoms with van der Waals surface area (Å²) in [5.74, 6) is 1.00. The first-order valence-electron chi connectivity index (χ1n) is 9.85. The van der Waals surface area contributed by atoms with E-state index in [-0.39, 0.29) is 11.9 Å². The predicted molar refractivity (Wildman–Crippen MR) is 113 cm³/mol. The number of benzene rings is 2. The van der Waals surface area contributed by atoms with Crippen molar-refractivity contribution in [1.29, 1.82) is 0 Å². The Morgan fingerprint density at radius 1 is 0.964 bits per heavy atom. The van der Waals surface area contributed by atoms with Crippen molar-refractivity contribution in [2.75, 3.05) is 18.5 Å².